The first-order valence-corrected chi connectivity index (χ1v) is 11.4. The van der Waals surface area contributed by atoms with Crippen LogP contribution in [0.3, 0.4) is 0 Å². The van der Waals surface area contributed by atoms with E-state index in [1.54, 1.807) is 0 Å². The highest BCUT2D eigenvalue weighted by Gasteiger charge is 2.23. The van der Waals surface area contributed by atoms with Crippen molar-refractivity contribution in [3.63, 3.8) is 0 Å². The third-order valence-electron chi connectivity index (χ3n) is 5.23. The summed E-state index contributed by atoms with van der Waals surface area (Å²) in [6.07, 6.45) is -0.121. The fraction of sp³-hybridized carbons (Fsp3) is 0.111. The van der Waals surface area contributed by atoms with E-state index in [1.165, 1.54) is 11.8 Å². The van der Waals surface area contributed by atoms with Crippen LogP contribution >= 0.6 is 11.8 Å². The van der Waals surface area contributed by atoms with E-state index in [4.69, 9.17) is 14.5 Å². The molecule has 5 rings (SSSR count). The molecule has 3 aromatic carbocycles. The molecule has 0 fully saturated rings. The first-order chi connectivity index (χ1) is 15.8. The van der Waals surface area contributed by atoms with Gasteiger partial charge in [-0.05, 0) is 23.8 Å². The van der Waals surface area contributed by atoms with E-state index in [9.17, 15) is 5.26 Å². The molecule has 4 nitrogen and oxygen atoms in total. The highest BCUT2D eigenvalue weighted by atomic mass is 32.2. The standard InChI is InChI=1S/C27H20N2O2S/c28-16-23-22(19-9-3-1-4-10-19)15-24(20-11-5-2-6-12-20)29-27(23)32-18-21-17-30-25-13-7-8-14-26(25)31-21/h1-15,21H,17-18H2/t21-/m0/s1. The molecule has 0 bridgehead atoms. The van der Waals surface area contributed by atoms with Crippen molar-refractivity contribution in [3.8, 4) is 40.0 Å². The van der Waals surface area contributed by atoms with Gasteiger partial charge in [0.1, 0.15) is 23.8 Å². The van der Waals surface area contributed by atoms with Crippen molar-refractivity contribution in [2.75, 3.05) is 12.4 Å². The topological polar surface area (TPSA) is 55.1 Å². The lowest BCUT2D eigenvalue weighted by atomic mass is 9.99. The second-order valence-corrected chi connectivity index (χ2v) is 8.40. The molecule has 0 unspecified atom stereocenters. The summed E-state index contributed by atoms with van der Waals surface area (Å²) in [5.74, 6) is 2.14. The maximum Gasteiger partial charge on any atom is 0.161 e. The van der Waals surface area contributed by atoms with Gasteiger partial charge in [-0.15, -0.1) is 11.8 Å². The van der Waals surface area contributed by atoms with Crippen LogP contribution in [0.5, 0.6) is 11.5 Å². The van der Waals surface area contributed by atoms with Gasteiger partial charge in [-0.1, -0.05) is 72.8 Å². The van der Waals surface area contributed by atoms with Gasteiger partial charge in [-0.3, -0.25) is 0 Å². The summed E-state index contributed by atoms with van der Waals surface area (Å²) in [4.78, 5) is 4.87. The van der Waals surface area contributed by atoms with Gasteiger partial charge in [0.25, 0.3) is 0 Å². The van der Waals surface area contributed by atoms with Gasteiger partial charge >= 0.3 is 0 Å². The molecule has 2 heterocycles. The predicted octanol–water partition coefficient (Wildman–Crippen LogP) is 6.22. The van der Waals surface area contributed by atoms with E-state index in [-0.39, 0.29) is 6.10 Å². The van der Waals surface area contributed by atoms with E-state index in [0.29, 0.717) is 22.9 Å². The number of nitrogens with zero attached hydrogens (tertiary/aromatic N) is 2. The summed E-state index contributed by atoms with van der Waals surface area (Å²) < 4.78 is 11.9. The van der Waals surface area contributed by atoms with Crippen molar-refractivity contribution in [1.82, 2.24) is 4.98 Å². The molecule has 4 aromatic rings. The number of benzene rings is 3. The highest BCUT2D eigenvalue weighted by Crippen LogP contribution is 2.36. The minimum atomic E-state index is -0.121. The molecule has 0 aliphatic carbocycles. The number of thioether (sulfide) groups is 1. The number of aromatic nitrogens is 1. The van der Waals surface area contributed by atoms with E-state index >= 15 is 0 Å². The van der Waals surface area contributed by atoms with Crippen LogP contribution in [-0.4, -0.2) is 23.4 Å². The largest absolute Gasteiger partial charge is 0.486 e. The number of hydrogen-bond donors (Lipinski definition) is 0. The van der Waals surface area contributed by atoms with Crippen molar-refractivity contribution in [2.24, 2.45) is 0 Å². The minimum absolute atomic E-state index is 0.121. The molecule has 1 aliphatic rings. The maximum absolute atomic E-state index is 10.0. The lowest BCUT2D eigenvalue weighted by Gasteiger charge is -2.26. The highest BCUT2D eigenvalue weighted by molar-refractivity contribution is 7.99. The molecule has 156 valence electrons. The third kappa shape index (κ3) is 4.18. The summed E-state index contributed by atoms with van der Waals surface area (Å²) in [7, 11) is 0. The molecule has 32 heavy (non-hydrogen) atoms. The Balaban J connectivity index is 1.49. The SMILES string of the molecule is N#Cc1c(-c2ccccc2)cc(-c2ccccc2)nc1SC[C@@H]1COc2ccccc2O1. The van der Waals surface area contributed by atoms with Gasteiger partial charge < -0.3 is 9.47 Å². The molecular formula is C27H20N2O2S. The Hall–Kier alpha value is -3.75. The summed E-state index contributed by atoms with van der Waals surface area (Å²) in [5, 5.41) is 10.7. The van der Waals surface area contributed by atoms with Gasteiger partial charge in [-0.25, -0.2) is 4.98 Å². The summed E-state index contributed by atoms with van der Waals surface area (Å²) in [6, 6.07) is 32.1. The van der Waals surface area contributed by atoms with Crippen LogP contribution in [0.25, 0.3) is 22.4 Å². The fourth-order valence-electron chi connectivity index (χ4n) is 3.65. The smallest absolute Gasteiger partial charge is 0.161 e. The quantitative estimate of drug-likeness (QED) is 0.348. The number of ether oxygens (including phenoxy) is 2. The first kappa shape index (κ1) is 20.2. The summed E-state index contributed by atoms with van der Waals surface area (Å²) >= 11 is 1.53. The predicted molar refractivity (Wildman–Crippen MR) is 127 cm³/mol. The molecule has 1 aromatic heterocycles. The van der Waals surface area contributed by atoms with Crippen LogP contribution in [0.15, 0.2) is 96.0 Å². The zero-order chi connectivity index (χ0) is 21.8. The number of nitriles is 1. The molecular weight excluding hydrogens is 416 g/mol. The van der Waals surface area contributed by atoms with Crippen molar-refractivity contribution < 1.29 is 9.47 Å². The summed E-state index contributed by atoms with van der Waals surface area (Å²) in [6.45, 7) is 0.468. The van der Waals surface area contributed by atoms with Gasteiger partial charge in [0.05, 0.1) is 11.3 Å². The van der Waals surface area contributed by atoms with Crippen LogP contribution in [0.1, 0.15) is 5.56 Å². The van der Waals surface area contributed by atoms with Crippen molar-refractivity contribution in [1.29, 1.82) is 5.26 Å². The number of hydrogen-bond acceptors (Lipinski definition) is 5. The van der Waals surface area contributed by atoms with E-state index < -0.39 is 0 Å². The lowest BCUT2D eigenvalue weighted by molar-refractivity contribution is 0.107. The van der Waals surface area contributed by atoms with Crippen LogP contribution in [0.2, 0.25) is 0 Å². The summed E-state index contributed by atoms with van der Waals surface area (Å²) in [5.41, 5.74) is 4.32. The number of fused-ring (bicyclic) bond motifs is 1. The van der Waals surface area contributed by atoms with Gasteiger partial charge in [0.2, 0.25) is 0 Å². The van der Waals surface area contributed by atoms with E-state index in [1.807, 2.05) is 91.0 Å². The minimum Gasteiger partial charge on any atom is -0.486 e. The molecule has 0 N–H and O–H groups in total. The van der Waals surface area contributed by atoms with E-state index in [0.717, 1.165) is 33.9 Å². The molecule has 0 saturated carbocycles. The normalized spacial score (nSPS) is 14.5. The zero-order valence-electron chi connectivity index (χ0n) is 17.3. The molecule has 0 spiro atoms. The average Bonchev–Trinajstić information content (AvgIpc) is 2.87. The Morgan fingerprint density at radius 2 is 1.53 bits per heavy atom. The number of rotatable bonds is 5. The van der Waals surface area contributed by atoms with Gasteiger partial charge in [0.15, 0.2) is 11.5 Å². The molecule has 1 atom stereocenters. The number of pyridine rings is 1. The second kappa shape index (κ2) is 9.17. The Bertz CT molecular complexity index is 1270. The Morgan fingerprint density at radius 1 is 0.875 bits per heavy atom. The third-order valence-corrected chi connectivity index (χ3v) is 6.33. The maximum atomic E-state index is 10.0. The monoisotopic (exact) mass is 436 g/mol. The molecule has 1 aliphatic heterocycles. The van der Waals surface area contributed by atoms with Gasteiger partial charge in [-0.2, -0.15) is 5.26 Å². The Morgan fingerprint density at radius 3 is 2.25 bits per heavy atom. The average molecular weight is 437 g/mol. The molecule has 5 heteroatoms. The van der Waals surface area contributed by atoms with Crippen LogP contribution < -0.4 is 9.47 Å². The second-order valence-electron chi connectivity index (χ2n) is 7.39. The Kier molecular flexibility index (Phi) is 5.78. The van der Waals surface area contributed by atoms with Gasteiger partial charge in [0, 0.05) is 16.9 Å². The van der Waals surface area contributed by atoms with Crippen molar-refractivity contribution in [3.05, 3.63) is 96.6 Å². The first-order valence-electron chi connectivity index (χ1n) is 10.4. The van der Waals surface area contributed by atoms with Crippen LogP contribution in [-0.2, 0) is 0 Å². The lowest BCUT2D eigenvalue weighted by Crippen LogP contribution is -2.31. The Labute approximate surface area is 191 Å². The van der Waals surface area contributed by atoms with E-state index in [2.05, 4.69) is 6.07 Å². The van der Waals surface area contributed by atoms with Crippen LogP contribution in [0.4, 0.5) is 0 Å². The number of para-hydroxylation sites is 2. The zero-order valence-corrected chi connectivity index (χ0v) is 18.1. The molecule has 0 saturated heterocycles. The van der Waals surface area contributed by atoms with Crippen molar-refractivity contribution in [2.45, 2.75) is 11.1 Å². The van der Waals surface area contributed by atoms with Crippen molar-refractivity contribution >= 4 is 11.8 Å². The molecule has 0 radical (unpaired) electrons. The fourth-order valence-corrected chi connectivity index (χ4v) is 4.62. The molecule has 0 amide bonds. The van der Waals surface area contributed by atoms with Crippen LogP contribution in [0, 0.1) is 11.3 Å².